The highest BCUT2D eigenvalue weighted by molar-refractivity contribution is 7.12. The lowest BCUT2D eigenvalue weighted by atomic mass is 10.0. The van der Waals surface area contributed by atoms with E-state index in [0.717, 1.165) is 0 Å². The van der Waals surface area contributed by atoms with Crippen LogP contribution in [0.2, 0.25) is 0 Å². The monoisotopic (exact) mass is 276 g/mol. The normalized spacial score (nSPS) is 15.7. The molecule has 94 valence electrons. The van der Waals surface area contributed by atoms with E-state index in [2.05, 4.69) is 38.1 Å². The van der Waals surface area contributed by atoms with Gasteiger partial charge in [0.05, 0.1) is 5.38 Å². The number of thiophene rings is 1. The van der Waals surface area contributed by atoms with E-state index < -0.39 is 0 Å². The minimum absolute atomic E-state index is 0.0144. The standard InChI is InChI=1S/C16H17ClS/c1-10-6-7-11(2)13(8-10)16(17)15-9-12-4-3-5-14(12)18-15/h6-9,16H,3-5H2,1-2H3. The molecule has 0 spiro atoms. The van der Waals surface area contributed by atoms with Crippen LogP contribution in [0.5, 0.6) is 0 Å². The van der Waals surface area contributed by atoms with Gasteiger partial charge in [0.25, 0.3) is 0 Å². The fraction of sp³-hybridized carbons (Fsp3) is 0.375. The van der Waals surface area contributed by atoms with E-state index in [1.54, 1.807) is 4.88 Å². The summed E-state index contributed by atoms with van der Waals surface area (Å²) in [4.78, 5) is 2.87. The average Bonchev–Trinajstić information content (AvgIpc) is 2.91. The van der Waals surface area contributed by atoms with Crippen LogP contribution in [-0.2, 0) is 12.8 Å². The molecule has 0 nitrogen and oxygen atoms in total. The van der Waals surface area contributed by atoms with Gasteiger partial charge in [0.2, 0.25) is 0 Å². The second-order valence-electron chi connectivity index (χ2n) is 5.17. The van der Waals surface area contributed by atoms with Crippen LogP contribution in [0.25, 0.3) is 0 Å². The fourth-order valence-electron chi connectivity index (χ4n) is 2.66. The molecule has 3 rings (SSSR count). The first-order valence-corrected chi connectivity index (χ1v) is 7.73. The van der Waals surface area contributed by atoms with Crippen LogP contribution < -0.4 is 0 Å². The van der Waals surface area contributed by atoms with Gasteiger partial charge in [-0.2, -0.15) is 0 Å². The van der Waals surface area contributed by atoms with Crippen LogP contribution >= 0.6 is 22.9 Å². The number of halogens is 1. The van der Waals surface area contributed by atoms with Crippen molar-refractivity contribution in [2.24, 2.45) is 0 Å². The molecule has 1 aromatic heterocycles. The molecule has 1 unspecified atom stereocenters. The molecule has 2 heteroatoms. The summed E-state index contributed by atoms with van der Waals surface area (Å²) in [6.07, 6.45) is 3.80. The summed E-state index contributed by atoms with van der Waals surface area (Å²) in [7, 11) is 0. The fourth-order valence-corrected chi connectivity index (χ4v) is 4.35. The number of rotatable bonds is 2. The van der Waals surface area contributed by atoms with Gasteiger partial charge >= 0.3 is 0 Å². The first kappa shape index (κ1) is 12.3. The van der Waals surface area contributed by atoms with E-state index in [9.17, 15) is 0 Å². The quantitative estimate of drug-likeness (QED) is 0.663. The smallest absolute Gasteiger partial charge is 0.0930 e. The second-order valence-corrected chi connectivity index (χ2v) is 6.78. The number of hydrogen-bond acceptors (Lipinski definition) is 1. The van der Waals surface area contributed by atoms with Gasteiger partial charge in [-0.25, -0.2) is 0 Å². The molecule has 1 heterocycles. The molecule has 0 N–H and O–H groups in total. The average molecular weight is 277 g/mol. The van der Waals surface area contributed by atoms with Crippen LogP contribution in [0.4, 0.5) is 0 Å². The minimum atomic E-state index is 0.0144. The molecule has 1 aromatic carbocycles. The summed E-state index contributed by atoms with van der Waals surface area (Å²) in [6, 6.07) is 8.86. The molecule has 0 aliphatic heterocycles. The van der Waals surface area contributed by atoms with Crippen molar-refractivity contribution in [2.75, 3.05) is 0 Å². The Hall–Kier alpha value is -0.790. The summed E-state index contributed by atoms with van der Waals surface area (Å²) in [5.41, 5.74) is 5.36. The molecule has 18 heavy (non-hydrogen) atoms. The number of aryl methyl sites for hydroxylation is 4. The van der Waals surface area contributed by atoms with Crippen molar-refractivity contribution in [3.63, 3.8) is 0 Å². The highest BCUT2D eigenvalue weighted by Crippen LogP contribution is 2.40. The zero-order valence-electron chi connectivity index (χ0n) is 10.8. The van der Waals surface area contributed by atoms with Crippen molar-refractivity contribution < 1.29 is 0 Å². The lowest BCUT2D eigenvalue weighted by molar-refractivity contribution is 0.913. The van der Waals surface area contributed by atoms with Gasteiger partial charge < -0.3 is 0 Å². The molecule has 1 aliphatic rings. The molecule has 1 aliphatic carbocycles. The summed E-state index contributed by atoms with van der Waals surface area (Å²) in [6.45, 7) is 4.27. The van der Waals surface area contributed by atoms with E-state index in [4.69, 9.17) is 11.6 Å². The van der Waals surface area contributed by atoms with Crippen LogP contribution in [0, 0.1) is 13.8 Å². The Morgan fingerprint density at radius 1 is 1.17 bits per heavy atom. The Balaban J connectivity index is 1.98. The molecule has 0 fully saturated rings. The van der Waals surface area contributed by atoms with Gasteiger partial charge in [-0.15, -0.1) is 22.9 Å². The molecule has 0 amide bonds. The maximum absolute atomic E-state index is 6.69. The maximum Gasteiger partial charge on any atom is 0.0930 e. The zero-order chi connectivity index (χ0) is 12.7. The molecule has 0 saturated carbocycles. The van der Waals surface area contributed by atoms with Crippen molar-refractivity contribution in [1.82, 2.24) is 0 Å². The van der Waals surface area contributed by atoms with Crippen LogP contribution in [0.3, 0.4) is 0 Å². The van der Waals surface area contributed by atoms with Gasteiger partial charge in [-0.3, -0.25) is 0 Å². The van der Waals surface area contributed by atoms with E-state index in [1.807, 2.05) is 11.3 Å². The van der Waals surface area contributed by atoms with Gasteiger partial charge in [0, 0.05) is 9.75 Å². The van der Waals surface area contributed by atoms with Crippen molar-refractivity contribution >= 4 is 22.9 Å². The first-order valence-electron chi connectivity index (χ1n) is 6.48. The Morgan fingerprint density at radius 2 is 2.00 bits per heavy atom. The number of hydrogen-bond donors (Lipinski definition) is 0. The topological polar surface area (TPSA) is 0 Å². The third-order valence-corrected chi connectivity index (χ3v) is 5.62. The first-order chi connectivity index (χ1) is 8.65. The van der Waals surface area contributed by atoms with Crippen molar-refractivity contribution in [3.8, 4) is 0 Å². The third-order valence-electron chi connectivity index (χ3n) is 3.72. The Labute approximate surface area is 118 Å². The molecule has 1 atom stereocenters. The van der Waals surface area contributed by atoms with E-state index in [-0.39, 0.29) is 5.38 Å². The summed E-state index contributed by atoms with van der Waals surface area (Å²) in [5.74, 6) is 0. The van der Waals surface area contributed by atoms with E-state index in [1.165, 1.54) is 46.4 Å². The van der Waals surface area contributed by atoms with Crippen molar-refractivity contribution in [2.45, 2.75) is 38.5 Å². The SMILES string of the molecule is Cc1ccc(C)c(C(Cl)c2cc3c(s2)CCC3)c1. The minimum Gasteiger partial charge on any atom is -0.143 e. The lowest BCUT2D eigenvalue weighted by Crippen LogP contribution is -1.95. The number of benzene rings is 1. The maximum atomic E-state index is 6.69. The Bertz CT molecular complexity index is 561. The van der Waals surface area contributed by atoms with E-state index >= 15 is 0 Å². The highest BCUT2D eigenvalue weighted by Gasteiger charge is 2.20. The predicted octanol–water partition coefficient (Wildman–Crippen LogP) is 5.18. The van der Waals surface area contributed by atoms with Gasteiger partial charge in [0.1, 0.15) is 0 Å². The van der Waals surface area contributed by atoms with Gasteiger partial charge in [-0.1, -0.05) is 23.8 Å². The number of alkyl halides is 1. The lowest BCUT2D eigenvalue weighted by Gasteiger charge is -2.12. The molecule has 0 bridgehead atoms. The predicted molar refractivity (Wildman–Crippen MR) is 80.0 cm³/mol. The number of fused-ring (bicyclic) bond motifs is 1. The van der Waals surface area contributed by atoms with Crippen LogP contribution in [-0.4, -0.2) is 0 Å². The summed E-state index contributed by atoms with van der Waals surface area (Å²) in [5, 5.41) is 0.0144. The molecular formula is C16H17ClS. The Morgan fingerprint density at radius 3 is 2.78 bits per heavy atom. The van der Waals surface area contributed by atoms with Crippen LogP contribution in [0.15, 0.2) is 24.3 Å². The summed E-state index contributed by atoms with van der Waals surface area (Å²) < 4.78 is 0. The van der Waals surface area contributed by atoms with E-state index in [0.29, 0.717) is 0 Å². The molecular weight excluding hydrogens is 260 g/mol. The van der Waals surface area contributed by atoms with Crippen molar-refractivity contribution in [1.29, 1.82) is 0 Å². The molecule has 0 radical (unpaired) electrons. The Kier molecular flexibility index (Phi) is 3.21. The highest BCUT2D eigenvalue weighted by atomic mass is 35.5. The largest absolute Gasteiger partial charge is 0.143 e. The van der Waals surface area contributed by atoms with Crippen LogP contribution in [0.1, 0.15) is 43.8 Å². The summed E-state index contributed by atoms with van der Waals surface area (Å²) >= 11 is 8.59. The zero-order valence-corrected chi connectivity index (χ0v) is 12.4. The van der Waals surface area contributed by atoms with Gasteiger partial charge in [-0.05, 0) is 55.9 Å². The molecule has 0 saturated heterocycles. The second kappa shape index (κ2) is 4.71. The molecule has 2 aromatic rings. The van der Waals surface area contributed by atoms with Crippen molar-refractivity contribution in [3.05, 3.63) is 56.3 Å². The third kappa shape index (κ3) is 2.10. The van der Waals surface area contributed by atoms with Gasteiger partial charge in [0.15, 0.2) is 0 Å².